The van der Waals surface area contributed by atoms with E-state index >= 15 is 0 Å². The molecule has 290 valence electrons. The first-order valence-electron chi connectivity index (χ1n) is 20.3. The van der Waals surface area contributed by atoms with Crippen molar-refractivity contribution < 1.29 is 0 Å². The van der Waals surface area contributed by atoms with Crippen molar-refractivity contribution in [3.63, 3.8) is 0 Å². The molecule has 4 nitrogen and oxygen atoms in total. The van der Waals surface area contributed by atoms with Crippen LogP contribution in [0, 0.1) is 0 Å². The van der Waals surface area contributed by atoms with Crippen LogP contribution in [-0.2, 0) is 0 Å². The fraction of sp³-hybridized carbons (Fsp3) is 0. The maximum Gasteiger partial charge on any atom is 0.0606 e. The van der Waals surface area contributed by atoms with Crippen LogP contribution in [0.5, 0.6) is 0 Å². The lowest BCUT2D eigenvalue weighted by molar-refractivity contribution is 1.28. The summed E-state index contributed by atoms with van der Waals surface area (Å²) in [5.74, 6) is 0. The molecular weight excluding hydrogens is 801 g/mol. The number of fused-ring (bicyclic) bond motifs is 6. The van der Waals surface area contributed by atoms with Crippen LogP contribution < -0.4 is 20.9 Å². The molecule has 0 saturated carbocycles. The Bertz CT molecular complexity index is 2810. The summed E-state index contributed by atoms with van der Waals surface area (Å²) in [5, 5.41) is 11.2. The second-order valence-electron chi connectivity index (χ2n) is 15.2. The molecule has 0 fully saturated rings. The van der Waals surface area contributed by atoms with Gasteiger partial charge in [0.25, 0.3) is 0 Å². The van der Waals surface area contributed by atoms with E-state index in [2.05, 4.69) is 221 Å². The summed E-state index contributed by atoms with van der Waals surface area (Å²) >= 11 is 5.46. The van der Waals surface area contributed by atoms with E-state index in [0.717, 1.165) is 51.2 Å². The van der Waals surface area contributed by atoms with Gasteiger partial charge in [0, 0.05) is 63.1 Å². The van der Waals surface area contributed by atoms with E-state index in [9.17, 15) is 0 Å². The molecule has 12 rings (SSSR count). The molecule has 0 atom stereocenters. The molecule has 9 aromatic carbocycles. The van der Waals surface area contributed by atoms with Gasteiger partial charge in [0.05, 0.1) is 34.1 Å². The predicted octanol–water partition coefficient (Wildman–Crippen LogP) is 16.8. The van der Waals surface area contributed by atoms with Gasteiger partial charge in [-0.3, -0.25) is 0 Å². The Morgan fingerprint density at radius 3 is 0.852 bits per heavy atom. The van der Waals surface area contributed by atoms with Gasteiger partial charge >= 0.3 is 0 Å². The summed E-state index contributed by atoms with van der Waals surface area (Å²) in [6, 6.07) is 72.3. The third kappa shape index (κ3) is 6.53. The summed E-state index contributed by atoms with van der Waals surface area (Å²) in [7, 11) is 0. The molecule has 0 saturated heterocycles. The van der Waals surface area contributed by atoms with Crippen LogP contribution in [0.1, 0.15) is 0 Å². The number of hydrogen-bond acceptors (Lipinski definition) is 7. The first-order valence-corrected chi connectivity index (χ1v) is 22.8. The van der Waals surface area contributed by atoms with Crippen molar-refractivity contribution in [1.29, 1.82) is 0 Å². The molecule has 0 aromatic heterocycles. The highest BCUT2D eigenvalue weighted by Crippen LogP contribution is 2.51. The fourth-order valence-electron chi connectivity index (χ4n) is 8.51. The Labute approximate surface area is 368 Å². The summed E-state index contributed by atoms with van der Waals surface area (Å²) in [6.45, 7) is 0. The molecule has 0 unspecified atom stereocenters. The summed E-state index contributed by atoms with van der Waals surface area (Å²) < 4.78 is 0. The van der Waals surface area contributed by atoms with E-state index in [1.807, 2.05) is 35.3 Å². The minimum atomic E-state index is 1.08. The fourth-order valence-corrected chi connectivity index (χ4v) is 11.6. The Balaban J connectivity index is 0.910. The zero-order valence-electron chi connectivity index (χ0n) is 32.7. The number of hydrogen-bond donors (Lipinski definition) is 3. The molecule has 3 aliphatic heterocycles. The Morgan fingerprint density at radius 1 is 0.262 bits per heavy atom. The van der Waals surface area contributed by atoms with Gasteiger partial charge in [-0.15, -0.1) is 0 Å². The van der Waals surface area contributed by atoms with Crippen LogP contribution in [0.3, 0.4) is 0 Å². The second-order valence-corrected chi connectivity index (χ2v) is 18.4. The molecule has 3 heterocycles. The molecular formula is C54H36N4S3. The van der Waals surface area contributed by atoms with Gasteiger partial charge in [-0.1, -0.05) is 144 Å². The highest BCUT2D eigenvalue weighted by atomic mass is 32.2. The Hall–Kier alpha value is -6.77. The van der Waals surface area contributed by atoms with Crippen molar-refractivity contribution in [3.05, 3.63) is 200 Å². The first-order chi connectivity index (χ1) is 30.2. The lowest BCUT2D eigenvalue weighted by Crippen LogP contribution is -2.10. The average molecular weight is 837 g/mol. The van der Waals surface area contributed by atoms with Crippen molar-refractivity contribution in [2.75, 3.05) is 20.9 Å². The molecule has 0 spiro atoms. The lowest BCUT2D eigenvalue weighted by Gasteiger charge is -2.27. The molecule has 0 amide bonds. The smallest absolute Gasteiger partial charge is 0.0606 e. The van der Waals surface area contributed by atoms with E-state index in [-0.39, 0.29) is 0 Å². The number of rotatable bonds is 6. The van der Waals surface area contributed by atoms with Gasteiger partial charge in [-0.25, -0.2) is 0 Å². The molecule has 3 N–H and O–H groups in total. The van der Waals surface area contributed by atoms with E-state index in [1.165, 1.54) is 62.8 Å². The third-order valence-corrected chi connectivity index (χ3v) is 14.9. The molecule has 3 aliphatic rings. The second kappa shape index (κ2) is 15.0. The molecule has 0 radical (unpaired) electrons. The molecule has 9 aromatic rings. The van der Waals surface area contributed by atoms with E-state index in [4.69, 9.17) is 0 Å². The largest absolute Gasteiger partial charge is 0.353 e. The number of benzene rings is 9. The van der Waals surface area contributed by atoms with Crippen molar-refractivity contribution in [3.8, 4) is 33.4 Å². The standard InChI is InChI=1S/C54H36N4S3/c1-4-16-46-43(13-1)55-52-40(10-7-19-49(52)59-46)34-22-28-37(29-23-34)58(38-30-24-35(25-31-38)41-11-8-20-50-53(41)56-44-14-2-5-17-47(44)60-50)39-32-26-36(27-33-39)42-12-9-21-51-54(42)57-45-15-3-6-18-48(45)61-51/h1-33,55-57H. The van der Waals surface area contributed by atoms with Crippen molar-refractivity contribution in [1.82, 2.24) is 0 Å². The average Bonchev–Trinajstić information content (AvgIpc) is 3.32. The van der Waals surface area contributed by atoms with E-state index in [1.54, 1.807) is 0 Å². The van der Waals surface area contributed by atoms with Crippen LogP contribution in [0.4, 0.5) is 51.2 Å². The minimum Gasteiger partial charge on any atom is -0.353 e. The topological polar surface area (TPSA) is 39.3 Å². The summed E-state index contributed by atoms with van der Waals surface area (Å²) in [5.41, 5.74) is 17.2. The monoisotopic (exact) mass is 836 g/mol. The minimum absolute atomic E-state index is 1.08. The van der Waals surface area contributed by atoms with Crippen molar-refractivity contribution in [2.24, 2.45) is 0 Å². The number of anilines is 9. The van der Waals surface area contributed by atoms with Gasteiger partial charge in [-0.05, 0) is 108 Å². The van der Waals surface area contributed by atoms with Gasteiger partial charge in [0.15, 0.2) is 0 Å². The highest BCUT2D eigenvalue weighted by molar-refractivity contribution is 8.00. The van der Waals surface area contributed by atoms with Gasteiger partial charge in [0.1, 0.15) is 0 Å². The maximum absolute atomic E-state index is 3.74. The van der Waals surface area contributed by atoms with Crippen LogP contribution in [0.15, 0.2) is 230 Å². The van der Waals surface area contributed by atoms with Crippen molar-refractivity contribution in [2.45, 2.75) is 29.4 Å². The Kier molecular flexibility index (Phi) is 8.91. The van der Waals surface area contributed by atoms with Crippen LogP contribution in [0.25, 0.3) is 33.4 Å². The zero-order chi connectivity index (χ0) is 40.3. The molecule has 7 heteroatoms. The molecule has 0 bridgehead atoms. The number of nitrogens with one attached hydrogen (secondary N) is 3. The third-order valence-electron chi connectivity index (χ3n) is 11.5. The highest BCUT2D eigenvalue weighted by Gasteiger charge is 2.23. The van der Waals surface area contributed by atoms with Gasteiger partial charge in [0.2, 0.25) is 0 Å². The lowest BCUT2D eigenvalue weighted by atomic mass is 10.0. The maximum atomic E-state index is 3.74. The van der Waals surface area contributed by atoms with Crippen LogP contribution >= 0.6 is 35.3 Å². The van der Waals surface area contributed by atoms with Crippen LogP contribution in [-0.4, -0.2) is 0 Å². The first kappa shape index (κ1) is 36.1. The Morgan fingerprint density at radius 2 is 0.541 bits per heavy atom. The van der Waals surface area contributed by atoms with Gasteiger partial charge < -0.3 is 20.9 Å². The van der Waals surface area contributed by atoms with E-state index < -0.39 is 0 Å². The van der Waals surface area contributed by atoms with Gasteiger partial charge in [-0.2, -0.15) is 0 Å². The van der Waals surface area contributed by atoms with Crippen molar-refractivity contribution >= 4 is 86.5 Å². The van der Waals surface area contributed by atoms with Crippen LogP contribution in [0.2, 0.25) is 0 Å². The van der Waals surface area contributed by atoms with E-state index in [0.29, 0.717) is 0 Å². The number of para-hydroxylation sites is 6. The summed E-state index contributed by atoms with van der Waals surface area (Å²) in [6.07, 6.45) is 0. The molecule has 61 heavy (non-hydrogen) atoms. The SMILES string of the molecule is c1ccc2c(c1)Nc1c(cccc1-c1ccc(N(c3ccc(-c4cccc5c4Nc4ccccc4S5)cc3)c3ccc(-c4cccc5c4Nc4ccccc4S5)cc3)cc1)S2. The normalized spacial score (nSPS) is 12.8. The summed E-state index contributed by atoms with van der Waals surface area (Å²) in [4.78, 5) is 9.80. The zero-order valence-corrected chi connectivity index (χ0v) is 35.2. The molecule has 0 aliphatic carbocycles. The predicted molar refractivity (Wildman–Crippen MR) is 259 cm³/mol. The quantitative estimate of drug-likeness (QED) is 0.154. The number of nitrogens with zero attached hydrogens (tertiary/aromatic N) is 1.